The molecule has 0 atom stereocenters. The van der Waals surface area contributed by atoms with E-state index >= 15 is 0 Å². The number of rotatable bonds is 5. The lowest BCUT2D eigenvalue weighted by Gasteiger charge is -2.17. The molecule has 0 unspecified atom stereocenters. The number of hydrogen-bond donors (Lipinski definition) is 2. The zero-order valence-corrected chi connectivity index (χ0v) is 17.4. The Morgan fingerprint density at radius 2 is 1.65 bits per heavy atom. The van der Waals surface area contributed by atoms with E-state index in [0.29, 0.717) is 17.0 Å². The van der Waals surface area contributed by atoms with Crippen molar-refractivity contribution in [3.05, 3.63) is 89.7 Å². The maximum absolute atomic E-state index is 12.8. The number of para-hydroxylation sites is 1. The number of carbonyl (C=O) groups is 3. The number of thioether (sulfide) groups is 1. The maximum atomic E-state index is 12.8. The van der Waals surface area contributed by atoms with Crippen LogP contribution in [0.2, 0.25) is 0 Å². The molecule has 156 valence electrons. The fourth-order valence-corrected chi connectivity index (χ4v) is 4.26. The number of fused-ring (bicyclic) bond motifs is 1. The van der Waals surface area contributed by atoms with Crippen molar-refractivity contribution in [3.63, 3.8) is 0 Å². The molecule has 31 heavy (non-hydrogen) atoms. The normalized spacial score (nSPS) is 12.2. The minimum Gasteiger partial charge on any atom is -0.311 e. The van der Waals surface area contributed by atoms with Gasteiger partial charge in [-0.1, -0.05) is 36.4 Å². The Hall–Kier alpha value is -3.65. The van der Waals surface area contributed by atoms with E-state index in [0.717, 1.165) is 12.1 Å². The number of carbonyl (C=O) groups excluding carboxylic acids is 3. The van der Waals surface area contributed by atoms with Gasteiger partial charge in [0.2, 0.25) is 5.91 Å². The number of benzene rings is 2. The molecule has 1 aliphatic heterocycles. The van der Waals surface area contributed by atoms with Crippen molar-refractivity contribution in [2.45, 2.75) is 11.3 Å². The van der Waals surface area contributed by atoms with Gasteiger partial charge < -0.3 is 4.90 Å². The summed E-state index contributed by atoms with van der Waals surface area (Å²) in [5, 5.41) is 0. The molecule has 1 aliphatic rings. The molecule has 0 saturated carbocycles. The largest absolute Gasteiger partial charge is 0.311 e. The second kappa shape index (κ2) is 9.44. The SMILES string of the molecule is O=C(NNC(=O)c1ccccc1SCC(=O)N1CCc2ccccc21)c1ccccn1. The van der Waals surface area contributed by atoms with E-state index in [-0.39, 0.29) is 17.4 Å². The molecule has 7 nitrogen and oxygen atoms in total. The molecular formula is C23H20N4O3S. The minimum absolute atomic E-state index is 0.00591. The van der Waals surface area contributed by atoms with Crippen molar-refractivity contribution in [1.29, 1.82) is 0 Å². The molecule has 0 aliphatic carbocycles. The third kappa shape index (κ3) is 4.75. The van der Waals surface area contributed by atoms with Crippen LogP contribution in [0.1, 0.15) is 26.4 Å². The number of hydrazine groups is 1. The summed E-state index contributed by atoms with van der Waals surface area (Å²) < 4.78 is 0. The lowest BCUT2D eigenvalue weighted by atomic mass is 10.2. The van der Waals surface area contributed by atoms with Crippen LogP contribution in [-0.2, 0) is 11.2 Å². The van der Waals surface area contributed by atoms with Gasteiger partial charge in [-0.15, -0.1) is 11.8 Å². The summed E-state index contributed by atoms with van der Waals surface area (Å²) in [5.74, 6) is -0.777. The van der Waals surface area contributed by atoms with E-state index in [1.54, 1.807) is 47.4 Å². The van der Waals surface area contributed by atoms with E-state index in [9.17, 15) is 14.4 Å². The molecular weight excluding hydrogens is 412 g/mol. The monoisotopic (exact) mass is 432 g/mol. The Morgan fingerprint density at radius 1 is 0.903 bits per heavy atom. The van der Waals surface area contributed by atoms with Crippen LogP contribution in [0, 0.1) is 0 Å². The summed E-state index contributed by atoms with van der Waals surface area (Å²) in [7, 11) is 0. The molecule has 0 bridgehead atoms. The molecule has 4 rings (SSSR count). The summed E-state index contributed by atoms with van der Waals surface area (Å²) in [4.78, 5) is 43.9. The maximum Gasteiger partial charge on any atom is 0.288 e. The molecule has 1 aromatic heterocycles. The summed E-state index contributed by atoms with van der Waals surface area (Å²) in [6, 6.07) is 19.8. The number of pyridine rings is 1. The van der Waals surface area contributed by atoms with Crippen molar-refractivity contribution in [2.24, 2.45) is 0 Å². The van der Waals surface area contributed by atoms with E-state index in [1.165, 1.54) is 23.5 Å². The van der Waals surface area contributed by atoms with Crippen LogP contribution < -0.4 is 15.8 Å². The van der Waals surface area contributed by atoms with Crippen molar-refractivity contribution in [2.75, 3.05) is 17.2 Å². The molecule has 2 heterocycles. The highest BCUT2D eigenvalue weighted by Crippen LogP contribution is 2.29. The fourth-order valence-electron chi connectivity index (χ4n) is 3.34. The second-order valence-corrected chi connectivity index (χ2v) is 7.85. The fraction of sp³-hybridized carbons (Fsp3) is 0.130. The second-order valence-electron chi connectivity index (χ2n) is 6.83. The minimum atomic E-state index is -0.512. The first-order valence-electron chi connectivity index (χ1n) is 9.75. The lowest BCUT2D eigenvalue weighted by Crippen LogP contribution is -2.42. The predicted molar refractivity (Wildman–Crippen MR) is 119 cm³/mol. The Labute approximate surface area is 183 Å². The summed E-state index contributed by atoms with van der Waals surface area (Å²) >= 11 is 1.30. The number of nitrogens with zero attached hydrogens (tertiary/aromatic N) is 2. The van der Waals surface area contributed by atoms with Crippen LogP contribution in [0.15, 0.2) is 77.8 Å². The van der Waals surface area contributed by atoms with Crippen LogP contribution in [0.4, 0.5) is 5.69 Å². The molecule has 3 amide bonds. The summed E-state index contributed by atoms with van der Waals surface area (Å²) in [6.45, 7) is 0.667. The van der Waals surface area contributed by atoms with Crippen molar-refractivity contribution < 1.29 is 14.4 Å². The topological polar surface area (TPSA) is 91.4 Å². The standard InChI is InChI=1S/C23H20N4O3S/c28-21(27-14-12-16-7-1-3-10-19(16)27)15-31-20-11-4-2-8-17(20)22(29)25-26-23(30)18-9-5-6-13-24-18/h1-11,13H,12,14-15H2,(H,25,29)(H,26,30). The van der Waals surface area contributed by atoms with Crippen LogP contribution in [0.25, 0.3) is 0 Å². The van der Waals surface area contributed by atoms with Gasteiger partial charge in [0.15, 0.2) is 0 Å². The van der Waals surface area contributed by atoms with E-state index < -0.39 is 11.8 Å². The van der Waals surface area contributed by atoms with Gasteiger partial charge in [0.05, 0.1) is 11.3 Å². The zero-order chi connectivity index (χ0) is 21.6. The van der Waals surface area contributed by atoms with Gasteiger partial charge in [-0.3, -0.25) is 30.2 Å². The van der Waals surface area contributed by atoms with E-state index in [4.69, 9.17) is 0 Å². The van der Waals surface area contributed by atoms with Gasteiger partial charge in [0.1, 0.15) is 5.69 Å². The Kier molecular flexibility index (Phi) is 6.28. The lowest BCUT2D eigenvalue weighted by molar-refractivity contribution is -0.116. The molecule has 0 saturated heterocycles. The zero-order valence-electron chi connectivity index (χ0n) is 16.6. The molecule has 0 fully saturated rings. The van der Waals surface area contributed by atoms with Crippen LogP contribution in [0.5, 0.6) is 0 Å². The van der Waals surface area contributed by atoms with Gasteiger partial charge in [-0.2, -0.15) is 0 Å². The molecule has 2 aromatic carbocycles. The highest BCUT2D eigenvalue weighted by molar-refractivity contribution is 8.00. The van der Waals surface area contributed by atoms with Crippen LogP contribution in [0.3, 0.4) is 0 Å². The van der Waals surface area contributed by atoms with E-state index in [1.807, 2.05) is 24.3 Å². The van der Waals surface area contributed by atoms with Crippen molar-refractivity contribution in [1.82, 2.24) is 15.8 Å². The Bertz CT molecular complexity index is 1120. The van der Waals surface area contributed by atoms with Gasteiger partial charge >= 0.3 is 0 Å². The average molecular weight is 433 g/mol. The third-order valence-electron chi connectivity index (χ3n) is 4.86. The highest BCUT2D eigenvalue weighted by Gasteiger charge is 2.24. The summed E-state index contributed by atoms with van der Waals surface area (Å²) in [6.07, 6.45) is 2.35. The predicted octanol–water partition coefficient (Wildman–Crippen LogP) is 2.84. The molecule has 8 heteroatoms. The van der Waals surface area contributed by atoms with Crippen LogP contribution >= 0.6 is 11.8 Å². The summed E-state index contributed by atoms with van der Waals surface area (Å²) in [5.41, 5.74) is 7.47. The van der Waals surface area contributed by atoms with Gasteiger partial charge in [-0.05, 0) is 42.3 Å². The Morgan fingerprint density at radius 3 is 2.48 bits per heavy atom. The average Bonchev–Trinajstić information content (AvgIpc) is 3.26. The number of aromatic nitrogens is 1. The van der Waals surface area contributed by atoms with Crippen LogP contribution in [-0.4, -0.2) is 35.0 Å². The highest BCUT2D eigenvalue weighted by atomic mass is 32.2. The number of nitrogens with one attached hydrogen (secondary N) is 2. The number of anilines is 1. The third-order valence-corrected chi connectivity index (χ3v) is 5.92. The van der Waals surface area contributed by atoms with E-state index in [2.05, 4.69) is 15.8 Å². The van der Waals surface area contributed by atoms with Gasteiger partial charge in [-0.25, -0.2) is 0 Å². The Balaban J connectivity index is 1.38. The molecule has 3 aromatic rings. The first-order valence-corrected chi connectivity index (χ1v) is 10.7. The molecule has 0 spiro atoms. The number of hydrogen-bond acceptors (Lipinski definition) is 5. The number of amides is 3. The van der Waals surface area contributed by atoms with Crippen molar-refractivity contribution >= 4 is 35.2 Å². The molecule has 0 radical (unpaired) electrons. The van der Waals surface area contributed by atoms with Gasteiger partial charge in [0.25, 0.3) is 11.8 Å². The quantitative estimate of drug-likeness (QED) is 0.478. The van der Waals surface area contributed by atoms with Crippen molar-refractivity contribution in [3.8, 4) is 0 Å². The first kappa shape index (κ1) is 20.6. The first-order chi connectivity index (χ1) is 15.1. The smallest absolute Gasteiger partial charge is 0.288 e. The molecule has 2 N–H and O–H groups in total. The van der Waals surface area contributed by atoms with Gasteiger partial charge in [0, 0.05) is 23.3 Å².